The quantitative estimate of drug-likeness (QED) is 0.244. The smallest absolute Gasteiger partial charge is 0.337 e. The third kappa shape index (κ3) is 6.45. The van der Waals surface area contributed by atoms with E-state index in [2.05, 4.69) is 69.6 Å². The van der Waals surface area contributed by atoms with Gasteiger partial charge in [-0.1, -0.05) is 71.9 Å². The summed E-state index contributed by atoms with van der Waals surface area (Å²) in [5, 5.41) is 8.04. The van der Waals surface area contributed by atoms with Crippen molar-refractivity contribution in [3.63, 3.8) is 0 Å². The third-order valence-corrected chi connectivity index (χ3v) is 7.38. The van der Waals surface area contributed by atoms with Gasteiger partial charge in [-0.05, 0) is 63.9 Å². The Morgan fingerprint density at radius 1 is 0.800 bits per heavy atom. The van der Waals surface area contributed by atoms with Gasteiger partial charge in [0.15, 0.2) is 0 Å². The maximum atomic E-state index is 12.0. The Balaban J connectivity index is 1.95. The molecule has 4 rings (SSSR count). The zero-order valence-electron chi connectivity index (χ0n) is 24.3. The molecule has 0 aliphatic carbocycles. The largest absolute Gasteiger partial charge is 0.465 e. The molecule has 40 heavy (non-hydrogen) atoms. The lowest BCUT2D eigenvalue weighted by molar-refractivity contribution is 0.0600. The molecule has 1 heterocycles. The van der Waals surface area contributed by atoms with Crippen LogP contribution in [0.2, 0.25) is 0 Å². The van der Waals surface area contributed by atoms with Crippen LogP contribution < -0.4 is 4.72 Å². The minimum absolute atomic E-state index is 0.0678. The van der Waals surface area contributed by atoms with Gasteiger partial charge in [0.1, 0.15) is 5.69 Å². The van der Waals surface area contributed by atoms with Gasteiger partial charge >= 0.3 is 5.97 Å². The first-order valence-electron chi connectivity index (χ1n) is 13.1. The summed E-state index contributed by atoms with van der Waals surface area (Å²) in [4.78, 5) is 12.0. The van der Waals surface area contributed by atoms with Crippen LogP contribution in [0.5, 0.6) is 0 Å². The number of anilines is 1. The van der Waals surface area contributed by atoms with E-state index in [-0.39, 0.29) is 10.8 Å². The molecule has 1 aromatic heterocycles. The Morgan fingerprint density at radius 3 is 1.80 bits per heavy atom. The minimum atomic E-state index is -3.40. The van der Waals surface area contributed by atoms with E-state index in [0.29, 0.717) is 16.9 Å². The number of aromatic amines is 1. The molecule has 3 aromatic carbocycles. The summed E-state index contributed by atoms with van der Waals surface area (Å²) in [6.45, 7) is 13.2. The molecule has 210 valence electrons. The number of esters is 1. The number of aromatic nitrogens is 2. The maximum Gasteiger partial charge on any atom is 0.337 e. The van der Waals surface area contributed by atoms with Crippen LogP contribution >= 0.6 is 0 Å². The molecule has 4 aromatic rings. The second-order valence-corrected chi connectivity index (χ2v) is 13.9. The van der Waals surface area contributed by atoms with E-state index in [1.807, 2.05) is 24.3 Å². The van der Waals surface area contributed by atoms with E-state index in [1.54, 1.807) is 24.3 Å². The number of sulfonamides is 1. The lowest BCUT2D eigenvalue weighted by Gasteiger charge is -2.26. The van der Waals surface area contributed by atoms with Gasteiger partial charge in [0.2, 0.25) is 10.0 Å². The molecule has 0 fully saturated rings. The van der Waals surface area contributed by atoms with Crippen molar-refractivity contribution < 1.29 is 17.9 Å². The topological polar surface area (TPSA) is 101 Å². The number of nitrogens with zero attached hydrogens (tertiary/aromatic N) is 1. The van der Waals surface area contributed by atoms with Crippen LogP contribution in [0.3, 0.4) is 0 Å². The summed E-state index contributed by atoms with van der Waals surface area (Å²) in [6, 6.07) is 21.1. The second kappa shape index (κ2) is 10.6. The van der Waals surface area contributed by atoms with Gasteiger partial charge in [-0.2, -0.15) is 5.10 Å². The molecular weight excluding hydrogens is 522 g/mol. The molecule has 7 nitrogen and oxygen atoms in total. The van der Waals surface area contributed by atoms with Crippen LogP contribution in [0.1, 0.15) is 63.0 Å². The van der Waals surface area contributed by atoms with E-state index < -0.39 is 16.0 Å². The van der Waals surface area contributed by atoms with Gasteiger partial charge in [-0.15, -0.1) is 0 Å². The average Bonchev–Trinajstić information content (AvgIpc) is 3.32. The number of ether oxygens (including phenoxy) is 1. The summed E-state index contributed by atoms with van der Waals surface area (Å²) in [6.07, 6.45) is 1.13. The second-order valence-electron chi connectivity index (χ2n) is 12.1. The molecule has 0 amide bonds. The zero-order valence-corrected chi connectivity index (χ0v) is 25.2. The Labute approximate surface area is 237 Å². The fraction of sp³-hybridized carbons (Fsp3) is 0.312. The molecule has 0 atom stereocenters. The Bertz CT molecular complexity index is 1610. The Kier molecular flexibility index (Phi) is 7.69. The highest BCUT2D eigenvalue weighted by Crippen LogP contribution is 2.41. The number of hydrogen-bond donors (Lipinski definition) is 2. The fourth-order valence-electron chi connectivity index (χ4n) is 4.48. The standard InChI is InChI=1S/C32H37N3O4S/c1-31(2,3)24-17-23(18-25(19-24)32(4,5)6)29-27(20-13-15-26(16-14-20)35-40(8,37)38)28(33-34-29)21-9-11-22(12-10-21)30(36)39-7/h9-19,35H,1-8H3,(H,33,34). The van der Waals surface area contributed by atoms with Crippen molar-refractivity contribution in [1.29, 1.82) is 0 Å². The van der Waals surface area contributed by atoms with Crippen LogP contribution in [0.4, 0.5) is 5.69 Å². The van der Waals surface area contributed by atoms with Crippen molar-refractivity contribution in [2.75, 3.05) is 18.1 Å². The highest BCUT2D eigenvalue weighted by molar-refractivity contribution is 7.92. The van der Waals surface area contributed by atoms with Crippen molar-refractivity contribution >= 4 is 21.7 Å². The van der Waals surface area contributed by atoms with Gasteiger partial charge in [0.25, 0.3) is 0 Å². The van der Waals surface area contributed by atoms with E-state index in [0.717, 1.165) is 34.2 Å². The molecule has 0 aliphatic rings. The summed E-state index contributed by atoms with van der Waals surface area (Å²) >= 11 is 0. The van der Waals surface area contributed by atoms with Gasteiger partial charge < -0.3 is 4.74 Å². The van der Waals surface area contributed by atoms with Crippen molar-refractivity contribution in [2.24, 2.45) is 0 Å². The molecule has 0 saturated heterocycles. The van der Waals surface area contributed by atoms with Crippen LogP contribution in [-0.2, 0) is 25.6 Å². The number of methoxy groups -OCH3 is 1. The van der Waals surface area contributed by atoms with Crippen LogP contribution in [0.25, 0.3) is 33.6 Å². The zero-order chi connectivity index (χ0) is 29.5. The average molecular weight is 560 g/mol. The first-order valence-corrected chi connectivity index (χ1v) is 15.0. The molecular formula is C32H37N3O4S. The van der Waals surface area contributed by atoms with Gasteiger partial charge in [-0.3, -0.25) is 9.82 Å². The Hall–Kier alpha value is -3.91. The predicted octanol–water partition coefficient (Wildman–Crippen LogP) is 7.16. The van der Waals surface area contributed by atoms with Crippen molar-refractivity contribution in [3.8, 4) is 33.6 Å². The summed E-state index contributed by atoms with van der Waals surface area (Å²) in [5.41, 5.74) is 8.37. The number of carbonyl (C=O) groups is 1. The van der Waals surface area contributed by atoms with E-state index >= 15 is 0 Å². The fourth-order valence-corrected chi connectivity index (χ4v) is 5.04. The van der Waals surface area contributed by atoms with E-state index in [9.17, 15) is 13.2 Å². The first kappa shape index (κ1) is 29.1. The van der Waals surface area contributed by atoms with Gasteiger partial charge in [-0.25, -0.2) is 13.2 Å². The molecule has 8 heteroatoms. The normalized spacial score (nSPS) is 12.3. The number of rotatable bonds is 6. The molecule has 0 aliphatic heterocycles. The number of hydrogen-bond acceptors (Lipinski definition) is 5. The maximum absolute atomic E-state index is 12.0. The van der Waals surface area contributed by atoms with Crippen LogP contribution in [0, 0.1) is 0 Å². The van der Waals surface area contributed by atoms with E-state index in [1.165, 1.54) is 18.2 Å². The monoisotopic (exact) mass is 559 g/mol. The van der Waals surface area contributed by atoms with Crippen molar-refractivity contribution in [2.45, 2.75) is 52.4 Å². The summed E-state index contributed by atoms with van der Waals surface area (Å²) < 4.78 is 30.9. The van der Waals surface area contributed by atoms with Crippen molar-refractivity contribution in [3.05, 3.63) is 83.4 Å². The number of benzene rings is 3. The molecule has 2 N–H and O–H groups in total. The molecule has 0 radical (unpaired) electrons. The first-order chi connectivity index (χ1) is 18.6. The minimum Gasteiger partial charge on any atom is -0.465 e. The summed E-state index contributed by atoms with van der Waals surface area (Å²) in [5.74, 6) is -0.405. The van der Waals surface area contributed by atoms with Crippen molar-refractivity contribution in [1.82, 2.24) is 10.2 Å². The number of nitrogens with one attached hydrogen (secondary N) is 2. The van der Waals surface area contributed by atoms with Gasteiger partial charge in [0.05, 0.1) is 24.6 Å². The molecule has 0 spiro atoms. The number of carbonyl (C=O) groups excluding carboxylic acids is 1. The number of H-pyrrole nitrogens is 1. The molecule has 0 saturated carbocycles. The third-order valence-electron chi connectivity index (χ3n) is 6.78. The highest BCUT2D eigenvalue weighted by Gasteiger charge is 2.24. The van der Waals surface area contributed by atoms with E-state index in [4.69, 9.17) is 9.84 Å². The Morgan fingerprint density at radius 2 is 1.32 bits per heavy atom. The predicted molar refractivity (Wildman–Crippen MR) is 162 cm³/mol. The summed E-state index contributed by atoms with van der Waals surface area (Å²) in [7, 11) is -2.05. The SMILES string of the molecule is COC(=O)c1ccc(-c2n[nH]c(-c3cc(C(C)(C)C)cc(C(C)(C)C)c3)c2-c2ccc(NS(C)(=O)=O)cc2)cc1. The molecule has 0 unspecified atom stereocenters. The molecule has 0 bridgehead atoms. The lowest BCUT2D eigenvalue weighted by Crippen LogP contribution is -2.16. The van der Waals surface area contributed by atoms with Crippen LogP contribution in [0.15, 0.2) is 66.7 Å². The highest BCUT2D eigenvalue weighted by atomic mass is 32.2. The lowest BCUT2D eigenvalue weighted by atomic mass is 9.79. The van der Waals surface area contributed by atoms with Gasteiger partial charge in [0, 0.05) is 22.4 Å². The van der Waals surface area contributed by atoms with Crippen LogP contribution in [-0.4, -0.2) is 38.0 Å².